The van der Waals surface area contributed by atoms with E-state index < -0.39 is 15.9 Å². The third-order valence-corrected chi connectivity index (χ3v) is 4.85. The van der Waals surface area contributed by atoms with Gasteiger partial charge in [0.15, 0.2) is 0 Å². The average molecular weight is 313 g/mol. The first-order valence-corrected chi connectivity index (χ1v) is 8.71. The number of rotatable bonds is 8. The molecule has 0 unspecified atom stereocenters. The molecule has 0 aliphatic heterocycles. The van der Waals surface area contributed by atoms with E-state index in [-0.39, 0.29) is 18.1 Å². The van der Waals surface area contributed by atoms with Gasteiger partial charge in [0, 0.05) is 0 Å². The smallest absolute Gasteiger partial charge is 0.237 e. The second-order valence-electron chi connectivity index (χ2n) is 5.01. The molecule has 1 aromatic carbocycles. The van der Waals surface area contributed by atoms with E-state index in [1.165, 1.54) is 0 Å². The van der Waals surface area contributed by atoms with Crippen molar-refractivity contribution in [2.45, 2.75) is 33.1 Å². The molecule has 0 saturated heterocycles. The minimum atomic E-state index is -3.56. The summed E-state index contributed by atoms with van der Waals surface area (Å²) in [5.74, 6) is 0.261. The molecule has 0 heterocycles. The van der Waals surface area contributed by atoms with Gasteiger partial charge in [0.1, 0.15) is 5.75 Å². The lowest BCUT2D eigenvalue weighted by molar-refractivity contribution is -0.118. The molecule has 0 aromatic heterocycles. The molecule has 0 spiro atoms. The summed E-state index contributed by atoms with van der Waals surface area (Å²) in [5, 5.41) is 0. The largest absolute Gasteiger partial charge is 0.497 e. The maximum atomic E-state index is 11.9. The van der Waals surface area contributed by atoms with E-state index in [1.807, 2.05) is 13.8 Å². The van der Waals surface area contributed by atoms with Crippen molar-refractivity contribution in [1.82, 2.24) is 4.72 Å². The molecule has 6 heteroatoms. The first-order valence-electron chi connectivity index (χ1n) is 7.06. The highest BCUT2D eigenvalue weighted by molar-refractivity contribution is 7.90. The summed E-state index contributed by atoms with van der Waals surface area (Å²) in [6.07, 6.45) is 1.60. The fraction of sp³-hybridized carbons (Fsp3) is 0.533. The predicted molar refractivity (Wildman–Crippen MR) is 82.7 cm³/mol. The highest BCUT2D eigenvalue weighted by Crippen LogP contribution is 2.12. The zero-order chi connectivity index (χ0) is 15.9. The van der Waals surface area contributed by atoms with E-state index in [2.05, 4.69) is 4.72 Å². The molecule has 1 rings (SSSR count). The fourth-order valence-electron chi connectivity index (χ4n) is 2.01. The molecule has 118 valence electrons. The summed E-state index contributed by atoms with van der Waals surface area (Å²) in [4.78, 5) is 11.8. The van der Waals surface area contributed by atoms with Gasteiger partial charge in [0.25, 0.3) is 0 Å². The lowest BCUT2D eigenvalue weighted by Gasteiger charge is -2.13. The lowest BCUT2D eigenvalue weighted by Crippen LogP contribution is -2.35. The Hall–Kier alpha value is -1.56. The maximum absolute atomic E-state index is 11.9. The van der Waals surface area contributed by atoms with Gasteiger partial charge in [-0.25, -0.2) is 8.42 Å². The molecule has 0 fully saturated rings. The van der Waals surface area contributed by atoms with Crippen molar-refractivity contribution in [3.63, 3.8) is 0 Å². The maximum Gasteiger partial charge on any atom is 0.237 e. The number of nitrogens with one attached hydrogen (secondary N) is 1. The zero-order valence-corrected chi connectivity index (χ0v) is 13.6. The van der Waals surface area contributed by atoms with Crippen LogP contribution in [0.1, 0.15) is 32.3 Å². The van der Waals surface area contributed by atoms with E-state index >= 15 is 0 Å². The van der Waals surface area contributed by atoms with Crippen molar-refractivity contribution in [3.05, 3.63) is 29.8 Å². The molecule has 1 N–H and O–H groups in total. The Morgan fingerprint density at radius 2 is 1.76 bits per heavy atom. The number of carbonyl (C=O) groups excluding carboxylic acids is 1. The minimum Gasteiger partial charge on any atom is -0.497 e. The number of hydrogen-bond acceptors (Lipinski definition) is 4. The SMILES string of the molecule is CCC(CC)CS(=O)(=O)NC(=O)Cc1ccc(OC)cc1. The molecule has 0 aliphatic rings. The van der Waals surface area contributed by atoms with Gasteiger partial charge in [-0.3, -0.25) is 9.52 Å². The Labute approximate surface area is 126 Å². The Bertz CT molecular complexity index is 548. The van der Waals surface area contributed by atoms with E-state index in [9.17, 15) is 13.2 Å². The zero-order valence-electron chi connectivity index (χ0n) is 12.8. The van der Waals surface area contributed by atoms with Crippen LogP contribution >= 0.6 is 0 Å². The van der Waals surface area contributed by atoms with Gasteiger partial charge in [0.2, 0.25) is 15.9 Å². The predicted octanol–water partition coefficient (Wildman–Crippen LogP) is 2.12. The van der Waals surface area contributed by atoms with Crippen LogP contribution in [-0.2, 0) is 21.2 Å². The first kappa shape index (κ1) is 17.5. The molecule has 1 aromatic rings. The summed E-state index contributed by atoms with van der Waals surface area (Å²) >= 11 is 0. The third kappa shape index (κ3) is 6.16. The molecule has 0 radical (unpaired) electrons. The van der Waals surface area contributed by atoms with Gasteiger partial charge in [-0.15, -0.1) is 0 Å². The van der Waals surface area contributed by atoms with Gasteiger partial charge in [-0.2, -0.15) is 0 Å². The molecule has 5 nitrogen and oxygen atoms in total. The van der Waals surface area contributed by atoms with Crippen molar-refractivity contribution in [2.75, 3.05) is 12.9 Å². The number of hydrogen-bond donors (Lipinski definition) is 1. The summed E-state index contributed by atoms with van der Waals surface area (Å²) in [7, 11) is -2.00. The highest BCUT2D eigenvalue weighted by Gasteiger charge is 2.19. The van der Waals surface area contributed by atoms with E-state index in [1.54, 1.807) is 31.4 Å². The van der Waals surface area contributed by atoms with Crippen LogP contribution in [0.2, 0.25) is 0 Å². The lowest BCUT2D eigenvalue weighted by atomic mass is 10.1. The Morgan fingerprint density at radius 3 is 2.24 bits per heavy atom. The summed E-state index contributed by atoms with van der Waals surface area (Å²) < 4.78 is 31.0. The average Bonchev–Trinajstić information content (AvgIpc) is 2.44. The van der Waals surface area contributed by atoms with Crippen molar-refractivity contribution in [2.24, 2.45) is 5.92 Å². The first-order chi connectivity index (χ1) is 9.90. The Morgan fingerprint density at radius 1 is 1.19 bits per heavy atom. The van der Waals surface area contributed by atoms with Crippen LogP contribution in [0.3, 0.4) is 0 Å². The van der Waals surface area contributed by atoms with E-state index in [0.29, 0.717) is 5.75 Å². The van der Waals surface area contributed by atoms with Gasteiger partial charge < -0.3 is 4.74 Å². The number of amides is 1. The van der Waals surface area contributed by atoms with Crippen LogP contribution in [0, 0.1) is 5.92 Å². The van der Waals surface area contributed by atoms with Crippen molar-refractivity contribution < 1.29 is 17.9 Å². The Kier molecular flexibility index (Phi) is 6.68. The monoisotopic (exact) mass is 313 g/mol. The Balaban J connectivity index is 2.59. The fourth-order valence-corrected chi connectivity index (χ4v) is 3.61. The highest BCUT2D eigenvalue weighted by atomic mass is 32.2. The third-order valence-electron chi connectivity index (χ3n) is 3.40. The van der Waals surface area contributed by atoms with Gasteiger partial charge in [-0.05, 0) is 23.6 Å². The van der Waals surface area contributed by atoms with Crippen LogP contribution in [0.25, 0.3) is 0 Å². The molecule has 21 heavy (non-hydrogen) atoms. The minimum absolute atomic E-state index is 0.00560. The number of sulfonamides is 1. The summed E-state index contributed by atoms with van der Waals surface area (Å²) in [6.45, 7) is 3.89. The van der Waals surface area contributed by atoms with Crippen molar-refractivity contribution >= 4 is 15.9 Å². The number of ether oxygens (including phenoxy) is 1. The molecule has 0 bridgehead atoms. The quantitative estimate of drug-likeness (QED) is 0.798. The van der Waals surface area contributed by atoms with Gasteiger partial charge >= 0.3 is 0 Å². The van der Waals surface area contributed by atoms with Crippen molar-refractivity contribution in [1.29, 1.82) is 0 Å². The van der Waals surface area contributed by atoms with Gasteiger partial charge in [0.05, 0.1) is 19.3 Å². The molecule has 0 aliphatic carbocycles. The standard InChI is InChI=1S/C15H23NO4S/c1-4-12(5-2)11-21(18,19)16-15(17)10-13-6-8-14(20-3)9-7-13/h6-9,12H,4-5,10-11H2,1-3H3,(H,16,17). The second-order valence-corrected chi connectivity index (χ2v) is 6.78. The normalized spacial score (nSPS) is 11.4. The molecular weight excluding hydrogens is 290 g/mol. The molecule has 0 atom stereocenters. The molecule has 0 saturated carbocycles. The van der Waals surface area contributed by atoms with E-state index in [4.69, 9.17) is 4.74 Å². The second kappa shape index (κ2) is 8.02. The van der Waals surface area contributed by atoms with Crippen LogP contribution in [0.4, 0.5) is 0 Å². The van der Waals surface area contributed by atoms with Crippen molar-refractivity contribution in [3.8, 4) is 5.75 Å². The van der Waals surface area contributed by atoms with Crippen LogP contribution in [0.15, 0.2) is 24.3 Å². The molecular formula is C15H23NO4S. The van der Waals surface area contributed by atoms with Crippen LogP contribution in [-0.4, -0.2) is 27.2 Å². The molecule has 1 amide bonds. The van der Waals surface area contributed by atoms with Crippen LogP contribution in [0.5, 0.6) is 5.75 Å². The van der Waals surface area contributed by atoms with E-state index in [0.717, 1.165) is 18.4 Å². The topological polar surface area (TPSA) is 72.5 Å². The number of benzene rings is 1. The number of carbonyl (C=O) groups is 1. The van der Waals surface area contributed by atoms with Crippen LogP contribution < -0.4 is 9.46 Å². The number of methoxy groups -OCH3 is 1. The summed E-state index contributed by atoms with van der Waals surface area (Å²) in [5.41, 5.74) is 0.742. The van der Waals surface area contributed by atoms with Gasteiger partial charge in [-0.1, -0.05) is 38.8 Å². The summed E-state index contributed by atoms with van der Waals surface area (Å²) in [6, 6.07) is 6.96.